The number of hydrogen-bond acceptors (Lipinski definition) is 8. The molecule has 1 aromatic carbocycles. The molecule has 9 nitrogen and oxygen atoms in total. The lowest BCUT2D eigenvalue weighted by Crippen LogP contribution is -2.43. The zero-order valence-electron chi connectivity index (χ0n) is 18.9. The van der Waals surface area contributed by atoms with E-state index in [2.05, 4.69) is 20.5 Å². The van der Waals surface area contributed by atoms with Crippen LogP contribution in [0.4, 0.5) is 23.1 Å². The first-order chi connectivity index (χ1) is 15.3. The first-order valence-corrected chi connectivity index (χ1v) is 10.8. The number of hydrogen-bond donors (Lipinski definition) is 2. The Labute approximate surface area is 187 Å². The summed E-state index contributed by atoms with van der Waals surface area (Å²) in [6.45, 7) is 4.50. The minimum atomic E-state index is -0.552. The molecule has 9 heteroatoms. The highest BCUT2D eigenvalue weighted by atomic mass is 16.5. The average Bonchev–Trinajstić information content (AvgIpc) is 3.30. The van der Waals surface area contributed by atoms with Crippen molar-refractivity contribution in [3.63, 3.8) is 0 Å². The number of anilines is 4. The Morgan fingerprint density at radius 1 is 1.25 bits per heavy atom. The van der Waals surface area contributed by atoms with Gasteiger partial charge in [-0.1, -0.05) is 12.8 Å². The van der Waals surface area contributed by atoms with E-state index in [-0.39, 0.29) is 5.91 Å². The molecule has 1 fully saturated rings. The van der Waals surface area contributed by atoms with Gasteiger partial charge in [0.1, 0.15) is 11.4 Å². The summed E-state index contributed by atoms with van der Waals surface area (Å²) < 4.78 is 10.2. The van der Waals surface area contributed by atoms with E-state index in [0.717, 1.165) is 18.7 Å². The lowest BCUT2D eigenvalue weighted by atomic mass is 9.91. The molecule has 0 spiro atoms. The number of rotatable bonds is 5. The van der Waals surface area contributed by atoms with Crippen molar-refractivity contribution >= 4 is 35.0 Å². The summed E-state index contributed by atoms with van der Waals surface area (Å²) in [5, 5.41) is 6.18. The van der Waals surface area contributed by atoms with Gasteiger partial charge in [-0.15, -0.1) is 0 Å². The van der Waals surface area contributed by atoms with Gasteiger partial charge < -0.3 is 25.0 Å². The SMILES string of the molecule is COC(=O)c1ccc(Nc2ncc3c(n2)N(C2CCCC2)CC(C)(C)C(=O)N3)c(OC)c1. The summed E-state index contributed by atoms with van der Waals surface area (Å²) >= 11 is 0. The van der Waals surface area contributed by atoms with E-state index in [1.165, 1.54) is 27.1 Å². The fourth-order valence-electron chi connectivity index (χ4n) is 4.28. The highest BCUT2D eigenvalue weighted by Gasteiger charge is 2.39. The predicted octanol–water partition coefficient (Wildman–Crippen LogP) is 3.74. The number of nitrogens with one attached hydrogen (secondary N) is 2. The van der Waals surface area contributed by atoms with Gasteiger partial charge in [0.25, 0.3) is 0 Å². The number of fused-ring (bicyclic) bond motifs is 1. The van der Waals surface area contributed by atoms with Crippen LogP contribution in [0, 0.1) is 5.41 Å². The molecule has 1 amide bonds. The van der Waals surface area contributed by atoms with E-state index in [0.29, 0.717) is 41.2 Å². The molecular formula is C23H29N5O4. The Morgan fingerprint density at radius 2 is 2.00 bits per heavy atom. The van der Waals surface area contributed by atoms with Crippen molar-refractivity contribution in [1.29, 1.82) is 0 Å². The molecule has 4 rings (SSSR count). The molecule has 0 saturated heterocycles. The van der Waals surface area contributed by atoms with Crippen molar-refractivity contribution in [2.75, 3.05) is 36.3 Å². The summed E-state index contributed by atoms with van der Waals surface area (Å²) in [5.41, 5.74) is 1.07. The number of esters is 1. The van der Waals surface area contributed by atoms with Crippen molar-refractivity contribution in [1.82, 2.24) is 9.97 Å². The molecule has 2 aromatic rings. The van der Waals surface area contributed by atoms with Crippen molar-refractivity contribution in [2.24, 2.45) is 5.41 Å². The molecule has 2 aliphatic rings. The molecular weight excluding hydrogens is 410 g/mol. The van der Waals surface area contributed by atoms with Gasteiger partial charge in [0.15, 0.2) is 5.82 Å². The summed E-state index contributed by atoms with van der Waals surface area (Å²) in [6, 6.07) is 5.32. The Morgan fingerprint density at radius 3 is 2.69 bits per heavy atom. The van der Waals surface area contributed by atoms with Gasteiger partial charge in [-0.05, 0) is 44.9 Å². The maximum atomic E-state index is 12.8. The zero-order chi connectivity index (χ0) is 22.9. The van der Waals surface area contributed by atoms with Gasteiger partial charge in [0, 0.05) is 12.6 Å². The zero-order valence-corrected chi connectivity index (χ0v) is 18.9. The summed E-state index contributed by atoms with van der Waals surface area (Å²) in [4.78, 5) is 36.0. The quantitative estimate of drug-likeness (QED) is 0.679. The number of benzene rings is 1. The van der Waals surface area contributed by atoms with Crippen LogP contribution in [0.5, 0.6) is 5.75 Å². The van der Waals surface area contributed by atoms with Crippen LogP contribution in [-0.2, 0) is 9.53 Å². The second-order valence-electron chi connectivity index (χ2n) is 8.87. The summed E-state index contributed by atoms with van der Waals surface area (Å²) in [6.07, 6.45) is 6.16. The van der Waals surface area contributed by atoms with E-state index in [9.17, 15) is 9.59 Å². The normalized spacial score (nSPS) is 17.9. The molecule has 2 N–H and O–H groups in total. The fourth-order valence-corrected chi connectivity index (χ4v) is 4.28. The Kier molecular flexibility index (Phi) is 5.90. The topological polar surface area (TPSA) is 106 Å². The van der Waals surface area contributed by atoms with E-state index < -0.39 is 11.4 Å². The van der Waals surface area contributed by atoms with E-state index >= 15 is 0 Å². The fraction of sp³-hybridized carbons (Fsp3) is 0.478. The number of nitrogens with zero attached hydrogens (tertiary/aromatic N) is 3. The van der Waals surface area contributed by atoms with Crippen LogP contribution in [0.3, 0.4) is 0 Å². The molecule has 1 aliphatic carbocycles. The third kappa shape index (κ3) is 4.19. The minimum absolute atomic E-state index is 0.0383. The molecule has 32 heavy (non-hydrogen) atoms. The van der Waals surface area contributed by atoms with Crippen molar-refractivity contribution in [2.45, 2.75) is 45.6 Å². The predicted molar refractivity (Wildman–Crippen MR) is 122 cm³/mol. The highest BCUT2D eigenvalue weighted by molar-refractivity contribution is 5.99. The van der Waals surface area contributed by atoms with Gasteiger partial charge >= 0.3 is 5.97 Å². The second-order valence-corrected chi connectivity index (χ2v) is 8.87. The molecule has 2 heterocycles. The minimum Gasteiger partial charge on any atom is -0.495 e. The van der Waals surface area contributed by atoms with Crippen molar-refractivity contribution < 1.29 is 19.1 Å². The van der Waals surface area contributed by atoms with E-state index in [4.69, 9.17) is 14.5 Å². The number of ether oxygens (including phenoxy) is 2. The number of carbonyl (C=O) groups is 2. The third-order valence-electron chi connectivity index (χ3n) is 6.10. The van der Waals surface area contributed by atoms with Gasteiger partial charge in [-0.3, -0.25) is 4.79 Å². The maximum absolute atomic E-state index is 12.8. The van der Waals surface area contributed by atoms with Crippen LogP contribution in [0.2, 0.25) is 0 Å². The molecule has 0 radical (unpaired) electrons. The van der Waals surface area contributed by atoms with Gasteiger partial charge in [-0.2, -0.15) is 4.98 Å². The number of carbonyl (C=O) groups excluding carboxylic acids is 2. The molecule has 1 aromatic heterocycles. The van der Waals surface area contributed by atoms with Crippen LogP contribution in [-0.4, -0.2) is 48.7 Å². The van der Waals surface area contributed by atoms with Gasteiger partial charge in [-0.25, -0.2) is 9.78 Å². The van der Waals surface area contributed by atoms with Crippen LogP contribution in [0.25, 0.3) is 0 Å². The maximum Gasteiger partial charge on any atom is 0.337 e. The summed E-state index contributed by atoms with van der Waals surface area (Å²) in [5.74, 6) is 1.09. The lowest BCUT2D eigenvalue weighted by Gasteiger charge is -2.34. The van der Waals surface area contributed by atoms with Crippen LogP contribution >= 0.6 is 0 Å². The van der Waals surface area contributed by atoms with Gasteiger partial charge in [0.05, 0.1) is 37.1 Å². The molecule has 1 aliphatic heterocycles. The third-order valence-corrected chi connectivity index (χ3v) is 6.10. The Hall–Kier alpha value is -3.36. The molecule has 1 saturated carbocycles. The summed E-state index contributed by atoms with van der Waals surface area (Å²) in [7, 11) is 2.86. The first kappa shape index (κ1) is 21.9. The number of aromatic nitrogens is 2. The number of methoxy groups -OCH3 is 2. The largest absolute Gasteiger partial charge is 0.495 e. The smallest absolute Gasteiger partial charge is 0.337 e. The standard InChI is InChI=1S/C23H29N5O4/c1-23(2)13-28(15-7-5-6-8-15)19-17(25-21(23)30)12-24-22(27-19)26-16-10-9-14(20(29)32-4)11-18(16)31-3/h9-12,15H,5-8,13H2,1-4H3,(H,25,30)(H,24,26,27). The van der Waals surface area contributed by atoms with Crippen LogP contribution in [0.1, 0.15) is 49.9 Å². The molecule has 170 valence electrons. The first-order valence-electron chi connectivity index (χ1n) is 10.8. The molecule has 0 atom stereocenters. The highest BCUT2D eigenvalue weighted by Crippen LogP contribution is 2.38. The van der Waals surface area contributed by atoms with Crippen molar-refractivity contribution in [3.05, 3.63) is 30.0 Å². The van der Waals surface area contributed by atoms with E-state index in [1.54, 1.807) is 24.4 Å². The van der Waals surface area contributed by atoms with E-state index in [1.807, 2.05) is 13.8 Å². The van der Waals surface area contributed by atoms with Crippen LogP contribution < -0.4 is 20.3 Å². The monoisotopic (exact) mass is 439 g/mol. The molecule has 0 unspecified atom stereocenters. The van der Waals surface area contributed by atoms with Crippen LogP contribution in [0.15, 0.2) is 24.4 Å². The molecule has 0 bridgehead atoms. The Balaban J connectivity index is 1.68. The lowest BCUT2D eigenvalue weighted by molar-refractivity contribution is -0.123. The van der Waals surface area contributed by atoms with Crippen molar-refractivity contribution in [3.8, 4) is 5.75 Å². The second kappa shape index (κ2) is 8.64. The number of amides is 1. The average molecular weight is 440 g/mol. The Bertz CT molecular complexity index is 1030. The van der Waals surface area contributed by atoms with Gasteiger partial charge in [0.2, 0.25) is 11.9 Å².